The number of anilines is 1. The van der Waals surface area contributed by atoms with Gasteiger partial charge in [-0.25, -0.2) is 0 Å². The van der Waals surface area contributed by atoms with Crippen LogP contribution >= 0.6 is 0 Å². The predicted molar refractivity (Wildman–Crippen MR) is 83.1 cm³/mol. The van der Waals surface area contributed by atoms with Gasteiger partial charge in [0.15, 0.2) is 0 Å². The number of nitrogens with zero attached hydrogens (tertiary/aromatic N) is 1. The van der Waals surface area contributed by atoms with Crippen molar-refractivity contribution in [3.8, 4) is 0 Å². The summed E-state index contributed by atoms with van der Waals surface area (Å²) in [7, 11) is 0. The van der Waals surface area contributed by atoms with Crippen molar-refractivity contribution < 1.29 is 9.90 Å². The summed E-state index contributed by atoms with van der Waals surface area (Å²) >= 11 is 0. The lowest BCUT2D eigenvalue weighted by atomic mass is 9.79. The van der Waals surface area contributed by atoms with Crippen LogP contribution in [0.25, 0.3) is 0 Å². The molecule has 1 aromatic rings. The molecule has 1 saturated carbocycles. The minimum absolute atomic E-state index is 0.307. The van der Waals surface area contributed by atoms with Crippen LogP contribution in [0.4, 0.5) is 5.69 Å². The zero-order chi connectivity index (χ0) is 15.0. The van der Waals surface area contributed by atoms with E-state index >= 15 is 0 Å². The molecule has 3 N–H and O–H groups in total. The van der Waals surface area contributed by atoms with Gasteiger partial charge in [-0.05, 0) is 43.2 Å². The second kappa shape index (κ2) is 5.34. The molecule has 0 unspecified atom stereocenters. The highest BCUT2D eigenvalue weighted by Gasteiger charge is 2.40. The molecule has 0 aromatic heterocycles. The quantitative estimate of drug-likeness (QED) is 0.892. The molecule has 1 heterocycles. The SMILES string of the molecule is CC1CCC(O)(CN2c3ccccc3C[C@H]2C(N)=O)CC1. The third-order valence-electron chi connectivity index (χ3n) is 5.09. The Morgan fingerprint density at radius 2 is 2.05 bits per heavy atom. The van der Waals surface area contributed by atoms with Crippen molar-refractivity contribution >= 4 is 11.6 Å². The fourth-order valence-electron chi connectivity index (χ4n) is 3.67. The second-order valence-electron chi connectivity index (χ2n) is 6.79. The first-order valence-corrected chi connectivity index (χ1v) is 7.85. The minimum Gasteiger partial charge on any atom is -0.388 e. The highest BCUT2D eigenvalue weighted by atomic mass is 16.3. The van der Waals surface area contributed by atoms with Crippen LogP contribution in [0.5, 0.6) is 0 Å². The Morgan fingerprint density at radius 1 is 1.38 bits per heavy atom. The number of fused-ring (bicyclic) bond motifs is 1. The number of rotatable bonds is 3. The monoisotopic (exact) mass is 288 g/mol. The van der Waals surface area contributed by atoms with Gasteiger partial charge in [0, 0.05) is 18.7 Å². The predicted octanol–water partition coefficient (Wildman–Crippen LogP) is 1.84. The first kappa shape index (κ1) is 14.4. The number of carbonyl (C=O) groups is 1. The average Bonchev–Trinajstić information content (AvgIpc) is 2.82. The number of carbonyl (C=O) groups excluding carboxylic acids is 1. The van der Waals surface area contributed by atoms with Crippen LogP contribution in [0.3, 0.4) is 0 Å². The maximum absolute atomic E-state index is 11.8. The van der Waals surface area contributed by atoms with Gasteiger partial charge in [-0.3, -0.25) is 4.79 Å². The zero-order valence-corrected chi connectivity index (χ0v) is 12.6. The van der Waals surface area contributed by atoms with Gasteiger partial charge in [0.05, 0.1) is 5.60 Å². The molecule has 0 bridgehead atoms. The topological polar surface area (TPSA) is 66.6 Å². The summed E-state index contributed by atoms with van der Waals surface area (Å²) in [6.45, 7) is 2.74. The van der Waals surface area contributed by atoms with Crippen LogP contribution in [0.2, 0.25) is 0 Å². The van der Waals surface area contributed by atoms with Crippen molar-refractivity contribution in [2.45, 2.75) is 50.7 Å². The largest absolute Gasteiger partial charge is 0.388 e. The molecule has 1 fully saturated rings. The van der Waals surface area contributed by atoms with E-state index in [0.717, 1.165) is 36.9 Å². The molecule has 1 aliphatic carbocycles. The van der Waals surface area contributed by atoms with E-state index in [2.05, 4.69) is 6.92 Å². The fraction of sp³-hybridized carbons (Fsp3) is 0.588. The van der Waals surface area contributed by atoms with E-state index in [9.17, 15) is 9.90 Å². The number of amides is 1. The number of hydrogen-bond acceptors (Lipinski definition) is 3. The van der Waals surface area contributed by atoms with Crippen molar-refractivity contribution in [1.82, 2.24) is 0 Å². The molecular formula is C17H24N2O2. The van der Waals surface area contributed by atoms with E-state index < -0.39 is 5.60 Å². The second-order valence-corrected chi connectivity index (χ2v) is 6.79. The molecule has 21 heavy (non-hydrogen) atoms. The average molecular weight is 288 g/mol. The van der Waals surface area contributed by atoms with Crippen LogP contribution in [0, 0.1) is 5.92 Å². The first-order chi connectivity index (χ1) is 9.98. The maximum Gasteiger partial charge on any atom is 0.240 e. The Bertz CT molecular complexity index is 535. The Balaban J connectivity index is 1.83. The zero-order valence-electron chi connectivity index (χ0n) is 12.6. The normalized spacial score (nSPS) is 32.0. The summed E-state index contributed by atoms with van der Waals surface area (Å²) in [5, 5.41) is 10.9. The molecule has 4 heteroatoms. The van der Waals surface area contributed by atoms with Crippen molar-refractivity contribution in [2.24, 2.45) is 11.7 Å². The van der Waals surface area contributed by atoms with Gasteiger partial charge in [-0.15, -0.1) is 0 Å². The molecule has 1 amide bonds. The van der Waals surface area contributed by atoms with Crippen molar-refractivity contribution in [3.05, 3.63) is 29.8 Å². The van der Waals surface area contributed by atoms with Crippen molar-refractivity contribution in [3.63, 3.8) is 0 Å². The van der Waals surface area contributed by atoms with E-state index in [0.29, 0.717) is 18.9 Å². The van der Waals surface area contributed by atoms with E-state index in [1.807, 2.05) is 29.2 Å². The Kier molecular flexibility index (Phi) is 3.66. The lowest BCUT2D eigenvalue weighted by molar-refractivity contribution is -0.119. The van der Waals surface area contributed by atoms with Crippen LogP contribution in [-0.2, 0) is 11.2 Å². The molecule has 2 aliphatic rings. The standard InChI is InChI=1S/C17H24N2O2/c1-12-6-8-17(21,9-7-12)11-19-14-5-3-2-4-13(14)10-15(19)16(18)20/h2-5,12,15,21H,6-11H2,1H3,(H2,18,20)/t12?,15-,17?/m0/s1. The summed E-state index contributed by atoms with van der Waals surface area (Å²) in [6.07, 6.45) is 4.36. The summed E-state index contributed by atoms with van der Waals surface area (Å²) < 4.78 is 0. The molecule has 0 saturated heterocycles. The maximum atomic E-state index is 11.8. The van der Waals surface area contributed by atoms with E-state index in [4.69, 9.17) is 5.73 Å². The molecular weight excluding hydrogens is 264 g/mol. The summed E-state index contributed by atoms with van der Waals surface area (Å²) in [6, 6.07) is 7.69. The number of primary amides is 1. The van der Waals surface area contributed by atoms with Gasteiger partial charge in [0.1, 0.15) is 6.04 Å². The van der Waals surface area contributed by atoms with Crippen LogP contribution in [-0.4, -0.2) is 29.2 Å². The Morgan fingerprint density at radius 3 is 2.71 bits per heavy atom. The summed E-state index contributed by atoms with van der Waals surface area (Å²) in [4.78, 5) is 13.8. The summed E-state index contributed by atoms with van der Waals surface area (Å²) in [5.74, 6) is 0.377. The molecule has 3 rings (SSSR count). The van der Waals surface area contributed by atoms with Crippen LogP contribution < -0.4 is 10.6 Å². The van der Waals surface area contributed by atoms with Crippen molar-refractivity contribution in [1.29, 1.82) is 0 Å². The van der Waals surface area contributed by atoms with E-state index in [1.54, 1.807) is 0 Å². The summed E-state index contributed by atoms with van der Waals surface area (Å²) in [5.41, 5.74) is 7.08. The van der Waals surface area contributed by atoms with Gasteiger partial charge < -0.3 is 15.7 Å². The third kappa shape index (κ3) is 2.77. The minimum atomic E-state index is -0.697. The first-order valence-electron chi connectivity index (χ1n) is 7.85. The number of β-amino-alcohol motifs (C(OH)–C–C–N with tert-alkyl or cyclic N) is 1. The van der Waals surface area contributed by atoms with Gasteiger partial charge in [-0.2, -0.15) is 0 Å². The third-order valence-corrected chi connectivity index (χ3v) is 5.09. The number of hydrogen-bond donors (Lipinski definition) is 2. The Labute approximate surface area is 125 Å². The molecule has 0 spiro atoms. The van der Waals surface area contributed by atoms with Gasteiger partial charge in [0.2, 0.25) is 5.91 Å². The molecule has 1 aliphatic heterocycles. The lowest BCUT2D eigenvalue weighted by Crippen LogP contribution is -2.51. The van der Waals surface area contributed by atoms with Crippen molar-refractivity contribution in [2.75, 3.05) is 11.4 Å². The van der Waals surface area contributed by atoms with Crippen LogP contribution in [0.1, 0.15) is 38.2 Å². The number of para-hydroxylation sites is 1. The number of nitrogens with two attached hydrogens (primary N) is 1. The van der Waals surface area contributed by atoms with Gasteiger partial charge >= 0.3 is 0 Å². The molecule has 1 atom stereocenters. The number of aliphatic hydroxyl groups is 1. The van der Waals surface area contributed by atoms with Gasteiger partial charge in [0.25, 0.3) is 0 Å². The molecule has 4 nitrogen and oxygen atoms in total. The lowest BCUT2D eigenvalue weighted by Gasteiger charge is -2.40. The Hall–Kier alpha value is -1.55. The molecule has 1 aromatic carbocycles. The van der Waals surface area contributed by atoms with Gasteiger partial charge in [-0.1, -0.05) is 25.1 Å². The molecule has 114 valence electrons. The number of benzene rings is 1. The highest BCUT2D eigenvalue weighted by molar-refractivity contribution is 5.87. The smallest absolute Gasteiger partial charge is 0.240 e. The van der Waals surface area contributed by atoms with E-state index in [-0.39, 0.29) is 11.9 Å². The van der Waals surface area contributed by atoms with E-state index in [1.165, 1.54) is 0 Å². The van der Waals surface area contributed by atoms with Crippen LogP contribution in [0.15, 0.2) is 24.3 Å². The molecule has 0 radical (unpaired) electrons. The fourth-order valence-corrected chi connectivity index (χ4v) is 3.67. The highest BCUT2D eigenvalue weighted by Crippen LogP contribution is 2.37.